The highest BCUT2D eigenvalue weighted by atomic mass is 15.1. The molecule has 88 valence electrons. The van der Waals surface area contributed by atoms with Crippen LogP contribution in [0.5, 0.6) is 0 Å². The average molecular weight is 221 g/mol. The molecule has 0 radical (unpaired) electrons. The maximum Gasteiger partial charge on any atom is 0.131 e. The molecule has 1 fully saturated rings. The zero-order valence-electron chi connectivity index (χ0n) is 9.83. The zero-order chi connectivity index (χ0) is 11.4. The second-order valence-corrected chi connectivity index (χ2v) is 4.24. The molecule has 1 aromatic heterocycles. The summed E-state index contributed by atoms with van der Waals surface area (Å²) in [6.45, 7) is 6.32. The van der Waals surface area contributed by atoms with Crippen molar-refractivity contribution in [3.05, 3.63) is 12.4 Å². The van der Waals surface area contributed by atoms with Gasteiger partial charge in [0.05, 0.1) is 6.04 Å². The molecule has 2 rings (SSSR count). The van der Waals surface area contributed by atoms with E-state index in [9.17, 15) is 0 Å². The number of hydrogen-bond donors (Lipinski definition) is 3. The van der Waals surface area contributed by atoms with Crippen LogP contribution in [-0.2, 0) is 0 Å². The van der Waals surface area contributed by atoms with Gasteiger partial charge in [0.2, 0.25) is 0 Å². The molecule has 1 aliphatic rings. The number of rotatable bonds is 5. The lowest BCUT2D eigenvalue weighted by atomic mass is 10.2. The summed E-state index contributed by atoms with van der Waals surface area (Å²) in [7, 11) is 0. The minimum absolute atomic E-state index is 0.438. The highest BCUT2D eigenvalue weighted by Gasteiger charge is 2.16. The van der Waals surface area contributed by atoms with E-state index in [4.69, 9.17) is 0 Å². The van der Waals surface area contributed by atoms with Gasteiger partial charge in [0, 0.05) is 25.2 Å². The van der Waals surface area contributed by atoms with Crippen LogP contribution in [0.1, 0.15) is 20.3 Å². The molecule has 0 aromatic carbocycles. The van der Waals surface area contributed by atoms with Gasteiger partial charge >= 0.3 is 0 Å². The quantitative estimate of drug-likeness (QED) is 0.694. The van der Waals surface area contributed by atoms with Crippen molar-refractivity contribution >= 4 is 11.6 Å². The van der Waals surface area contributed by atoms with Crippen molar-refractivity contribution in [2.24, 2.45) is 0 Å². The van der Waals surface area contributed by atoms with Gasteiger partial charge in [-0.2, -0.15) is 0 Å². The van der Waals surface area contributed by atoms with E-state index in [-0.39, 0.29) is 0 Å². The fourth-order valence-corrected chi connectivity index (χ4v) is 1.47. The topological polar surface area (TPSA) is 61.9 Å². The summed E-state index contributed by atoms with van der Waals surface area (Å²) in [4.78, 5) is 8.40. The predicted octanol–water partition coefficient (Wildman–Crippen LogP) is 1.07. The van der Waals surface area contributed by atoms with Crippen LogP contribution in [0, 0.1) is 0 Å². The Morgan fingerprint density at radius 1 is 1.44 bits per heavy atom. The van der Waals surface area contributed by atoms with Gasteiger partial charge < -0.3 is 16.0 Å². The van der Waals surface area contributed by atoms with Gasteiger partial charge in [-0.1, -0.05) is 6.92 Å². The van der Waals surface area contributed by atoms with Crippen LogP contribution in [0.4, 0.5) is 11.6 Å². The minimum atomic E-state index is 0.438. The van der Waals surface area contributed by atoms with Crippen LogP contribution < -0.4 is 16.0 Å². The summed E-state index contributed by atoms with van der Waals surface area (Å²) in [5, 5.41) is 9.91. The third kappa shape index (κ3) is 2.82. The van der Waals surface area contributed by atoms with Crippen LogP contribution in [0.25, 0.3) is 0 Å². The SMILES string of the molecule is CCC(C)Nc1cc(NC2CNC2)ncn1. The van der Waals surface area contributed by atoms with E-state index in [0.29, 0.717) is 12.1 Å². The molecule has 1 unspecified atom stereocenters. The Labute approximate surface area is 96.1 Å². The van der Waals surface area contributed by atoms with Crippen molar-refractivity contribution in [1.82, 2.24) is 15.3 Å². The summed E-state index contributed by atoms with van der Waals surface area (Å²) < 4.78 is 0. The maximum atomic E-state index is 4.20. The summed E-state index contributed by atoms with van der Waals surface area (Å²) in [6.07, 6.45) is 2.68. The molecular formula is C11H19N5. The molecule has 5 nitrogen and oxygen atoms in total. The lowest BCUT2D eigenvalue weighted by Crippen LogP contribution is -2.51. The van der Waals surface area contributed by atoms with Crippen molar-refractivity contribution in [1.29, 1.82) is 0 Å². The van der Waals surface area contributed by atoms with E-state index in [1.807, 2.05) is 6.07 Å². The molecule has 0 saturated carbocycles. The van der Waals surface area contributed by atoms with Crippen LogP contribution >= 0.6 is 0 Å². The molecule has 0 amide bonds. The van der Waals surface area contributed by atoms with Gasteiger partial charge in [-0.05, 0) is 13.3 Å². The molecule has 1 saturated heterocycles. The Hall–Kier alpha value is -1.36. The Morgan fingerprint density at radius 2 is 2.19 bits per heavy atom. The Kier molecular flexibility index (Phi) is 3.56. The Bertz CT molecular complexity index is 315. The fourth-order valence-electron chi connectivity index (χ4n) is 1.47. The molecule has 3 N–H and O–H groups in total. The number of hydrogen-bond acceptors (Lipinski definition) is 5. The van der Waals surface area contributed by atoms with Gasteiger partial charge in [-0.3, -0.25) is 0 Å². The Morgan fingerprint density at radius 3 is 2.81 bits per heavy atom. The first kappa shape index (κ1) is 11.1. The predicted molar refractivity (Wildman–Crippen MR) is 65.7 cm³/mol. The van der Waals surface area contributed by atoms with Gasteiger partial charge in [-0.15, -0.1) is 0 Å². The molecule has 0 bridgehead atoms. The van der Waals surface area contributed by atoms with Crippen molar-refractivity contribution in [2.75, 3.05) is 23.7 Å². The van der Waals surface area contributed by atoms with Gasteiger partial charge in [0.15, 0.2) is 0 Å². The Balaban J connectivity index is 1.95. The molecule has 1 atom stereocenters. The second-order valence-electron chi connectivity index (χ2n) is 4.24. The number of nitrogens with one attached hydrogen (secondary N) is 3. The average Bonchev–Trinajstić information content (AvgIpc) is 2.24. The minimum Gasteiger partial charge on any atom is -0.367 e. The molecule has 2 heterocycles. The van der Waals surface area contributed by atoms with E-state index in [2.05, 4.69) is 39.8 Å². The number of nitrogens with zero attached hydrogens (tertiary/aromatic N) is 2. The van der Waals surface area contributed by atoms with Crippen LogP contribution in [-0.4, -0.2) is 35.1 Å². The molecule has 5 heteroatoms. The number of aromatic nitrogens is 2. The van der Waals surface area contributed by atoms with Crippen molar-refractivity contribution in [3.8, 4) is 0 Å². The number of anilines is 2. The van der Waals surface area contributed by atoms with Gasteiger partial charge in [-0.25, -0.2) is 9.97 Å². The maximum absolute atomic E-state index is 4.20. The largest absolute Gasteiger partial charge is 0.367 e. The third-order valence-corrected chi connectivity index (χ3v) is 2.81. The van der Waals surface area contributed by atoms with E-state index in [1.165, 1.54) is 0 Å². The van der Waals surface area contributed by atoms with E-state index >= 15 is 0 Å². The summed E-state index contributed by atoms with van der Waals surface area (Å²) in [5.41, 5.74) is 0. The summed E-state index contributed by atoms with van der Waals surface area (Å²) >= 11 is 0. The van der Waals surface area contributed by atoms with Crippen molar-refractivity contribution in [3.63, 3.8) is 0 Å². The second kappa shape index (κ2) is 5.12. The highest BCUT2D eigenvalue weighted by Crippen LogP contribution is 2.12. The van der Waals surface area contributed by atoms with E-state index in [0.717, 1.165) is 31.1 Å². The van der Waals surface area contributed by atoms with Crippen LogP contribution in [0.2, 0.25) is 0 Å². The highest BCUT2D eigenvalue weighted by molar-refractivity contribution is 5.47. The monoisotopic (exact) mass is 221 g/mol. The molecule has 1 aromatic rings. The molecule has 0 spiro atoms. The van der Waals surface area contributed by atoms with Gasteiger partial charge in [0.1, 0.15) is 18.0 Å². The van der Waals surface area contributed by atoms with Crippen LogP contribution in [0.3, 0.4) is 0 Å². The van der Waals surface area contributed by atoms with Crippen LogP contribution in [0.15, 0.2) is 12.4 Å². The first-order valence-electron chi connectivity index (χ1n) is 5.83. The smallest absolute Gasteiger partial charge is 0.131 e. The first-order chi connectivity index (χ1) is 7.78. The summed E-state index contributed by atoms with van der Waals surface area (Å²) in [6, 6.07) is 2.91. The van der Waals surface area contributed by atoms with E-state index < -0.39 is 0 Å². The molecule has 1 aliphatic heterocycles. The molecular weight excluding hydrogens is 202 g/mol. The lowest BCUT2D eigenvalue weighted by molar-refractivity contribution is 0.471. The molecule has 0 aliphatic carbocycles. The van der Waals surface area contributed by atoms with Crippen molar-refractivity contribution in [2.45, 2.75) is 32.4 Å². The summed E-state index contributed by atoms with van der Waals surface area (Å²) in [5.74, 6) is 1.78. The molecule has 16 heavy (non-hydrogen) atoms. The van der Waals surface area contributed by atoms with Crippen molar-refractivity contribution < 1.29 is 0 Å². The fraction of sp³-hybridized carbons (Fsp3) is 0.636. The van der Waals surface area contributed by atoms with E-state index in [1.54, 1.807) is 6.33 Å². The zero-order valence-corrected chi connectivity index (χ0v) is 9.83. The first-order valence-corrected chi connectivity index (χ1v) is 5.83. The third-order valence-electron chi connectivity index (χ3n) is 2.81. The standard InChI is InChI=1S/C11H19N5/c1-3-8(2)15-10-4-11(14-7-13-10)16-9-5-12-6-9/h4,7-9,12H,3,5-6H2,1-2H3,(H2,13,14,15,16). The normalized spacial score (nSPS) is 17.6. The lowest BCUT2D eigenvalue weighted by Gasteiger charge is -2.28. The van der Waals surface area contributed by atoms with Gasteiger partial charge in [0.25, 0.3) is 0 Å².